The molecule has 1 rings (SSSR count). The molecule has 1 aromatic rings. The zero-order chi connectivity index (χ0) is 13.8. The highest BCUT2D eigenvalue weighted by Gasteiger charge is 2.15. The van der Waals surface area contributed by atoms with Gasteiger partial charge in [0.1, 0.15) is 5.82 Å². The van der Waals surface area contributed by atoms with E-state index in [2.05, 4.69) is 5.32 Å². The van der Waals surface area contributed by atoms with E-state index in [9.17, 15) is 17.6 Å². The molecule has 0 aromatic heterocycles. The van der Waals surface area contributed by atoms with Crippen molar-refractivity contribution in [1.82, 2.24) is 5.32 Å². The van der Waals surface area contributed by atoms with Gasteiger partial charge in [0.25, 0.3) is 15.0 Å². The lowest BCUT2D eigenvalue weighted by Gasteiger charge is -2.05. The first-order valence-electron chi connectivity index (χ1n) is 5.38. The van der Waals surface area contributed by atoms with Gasteiger partial charge in [-0.1, -0.05) is 13.3 Å². The van der Waals surface area contributed by atoms with E-state index in [1.54, 1.807) is 0 Å². The molecule has 1 N–H and O–H groups in total. The van der Waals surface area contributed by atoms with Crippen molar-refractivity contribution in [2.45, 2.75) is 24.7 Å². The summed E-state index contributed by atoms with van der Waals surface area (Å²) in [5.41, 5.74) is -0.0645. The lowest BCUT2D eigenvalue weighted by molar-refractivity contribution is 0.0952. The topological polar surface area (TPSA) is 63.2 Å². The Kier molecular flexibility index (Phi) is 5.10. The third kappa shape index (κ3) is 4.27. The summed E-state index contributed by atoms with van der Waals surface area (Å²) in [7, 11) is 1.05. The van der Waals surface area contributed by atoms with E-state index in [0.29, 0.717) is 6.54 Å². The van der Waals surface area contributed by atoms with Gasteiger partial charge in [0, 0.05) is 22.8 Å². The number of halogens is 2. The number of hydrogen-bond donors (Lipinski definition) is 1. The van der Waals surface area contributed by atoms with Crippen molar-refractivity contribution in [3.63, 3.8) is 0 Å². The maximum atomic E-state index is 13.2. The zero-order valence-electron chi connectivity index (χ0n) is 9.74. The Labute approximate surface area is 110 Å². The molecule has 18 heavy (non-hydrogen) atoms. The number of nitrogens with one attached hydrogen (secondary N) is 1. The van der Waals surface area contributed by atoms with Gasteiger partial charge in [0.05, 0.1) is 4.90 Å². The molecule has 0 spiro atoms. The average Bonchev–Trinajstić information content (AvgIpc) is 2.27. The maximum absolute atomic E-state index is 13.2. The SMILES string of the molecule is CCCCNC(=O)c1cc(F)cc(S(=O)(=O)Cl)c1. The fraction of sp³-hybridized carbons (Fsp3) is 0.364. The first kappa shape index (κ1) is 14.9. The molecule has 0 unspecified atom stereocenters. The monoisotopic (exact) mass is 293 g/mol. The van der Waals surface area contributed by atoms with Crippen LogP contribution in [0.2, 0.25) is 0 Å². The van der Waals surface area contributed by atoms with Crippen LogP contribution < -0.4 is 5.32 Å². The van der Waals surface area contributed by atoms with Crippen LogP contribution in [0.25, 0.3) is 0 Å². The van der Waals surface area contributed by atoms with Crippen molar-refractivity contribution in [2.75, 3.05) is 6.54 Å². The number of rotatable bonds is 5. The molecule has 0 heterocycles. The Morgan fingerprint density at radius 3 is 2.61 bits per heavy atom. The Bertz CT molecular complexity index is 545. The van der Waals surface area contributed by atoms with E-state index >= 15 is 0 Å². The molecule has 7 heteroatoms. The number of hydrogen-bond acceptors (Lipinski definition) is 3. The maximum Gasteiger partial charge on any atom is 0.261 e. The largest absolute Gasteiger partial charge is 0.352 e. The fourth-order valence-corrected chi connectivity index (χ4v) is 2.10. The predicted molar refractivity (Wildman–Crippen MR) is 66.7 cm³/mol. The third-order valence-electron chi connectivity index (χ3n) is 2.23. The predicted octanol–water partition coefficient (Wildman–Crippen LogP) is 2.28. The Hall–Kier alpha value is -1.14. The first-order valence-corrected chi connectivity index (χ1v) is 7.69. The van der Waals surface area contributed by atoms with Crippen LogP contribution in [0, 0.1) is 5.82 Å². The molecule has 0 fully saturated rings. The van der Waals surface area contributed by atoms with Crippen molar-refractivity contribution in [3.8, 4) is 0 Å². The van der Waals surface area contributed by atoms with Crippen molar-refractivity contribution in [1.29, 1.82) is 0 Å². The fourth-order valence-electron chi connectivity index (χ4n) is 1.32. The second-order valence-electron chi connectivity index (χ2n) is 3.72. The summed E-state index contributed by atoms with van der Waals surface area (Å²) in [5.74, 6) is -1.35. The highest BCUT2D eigenvalue weighted by atomic mass is 35.7. The van der Waals surface area contributed by atoms with Gasteiger partial charge >= 0.3 is 0 Å². The van der Waals surface area contributed by atoms with Crippen LogP contribution in [-0.2, 0) is 9.05 Å². The van der Waals surface area contributed by atoms with Gasteiger partial charge in [-0.2, -0.15) is 0 Å². The summed E-state index contributed by atoms with van der Waals surface area (Å²) in [6.07, 6.45) is 1.70. The molecule has 0 radical (unpaired) electrons. The van der Waals surface area contributed by atoms with Crippen molar-refractivity contribution >= 4 is 25.6 Å². The van der Waals surface area contributed by atoms with Gasteiger partial charge in [0.15, 0.2) is 0 Å². The van der Waals surface area contributed by atoms with Crippen molar-refractivity contribution in [3.05, 3.63) is 29.6 Å². The third-order valence-corrected chi connectivity index (χ3v) is 3.56. The van der Waals surface area contributed by atoms with Crippen molar-refractivity contribution < 1.29 is 17.6 Å². The van der Waals surface area contributed by atoms with Crippen LogP contribution >= 0.6 is 10.7 Å². The smallest absolute Gasteiger partial charge is 0.261 e. The lowest BCUT2D eigenvalue weighted by Crippen LogP contribution is -2.24. The minimum atomic E-state index is -4.05. The molecule has 0 bridgehead atoms. The molecular formula is C11H13ClFNO3S. The summed E-state index contributed by atoms with van der Waals surface area (Å²) < 4.78 is 35.4. The quantitative estimate of drug-likeness (QED) is 0.669. The minimum absolute atomic E-state index is 0.0645. The van der Waals surface area contributed by atoms with Gasteiger partial charge in [-0.15, -0.1) is 0 Å². The molecular weight excluding hydrogens is 281 g/mol. The van der Waals surface area contributed by atoms with Gasteiger partial charge in [-0.3, -0.25) is 4.79 Å². The Balaban J connectivity index is 2.96. The second kappa shape index (κ2) is 6.15. The summed E-state index contributed by atoms with van der Waals surface area (Å²) in [4.78, 5) is 11.2. The lowest BCUT2D eigenvalue weighted by atomic mass is 10.2. The molecule has 0 aliphatic heterocycles. The second-order valence-corrected chi connectivity index (χ2v) is 6.29. The summed E-state index contributed by atoms with van der Waals surface area (Å²) in [5, 5.41) is 2.56. The highest BCUT2D eigenvalue weighted by Crippen LogP contribution is 2.18. The zero-order valence-corrected chi connectivity index (χ0v) is 11.3. The van der Waals surface area contributed by atoms with Crippen LogP contribution in [0.1, 0.15) is 30.1 Å². The Morgan fingerprint density at radius 2 is 2.06 bits per heavy atom. The summed E-state index contributed by atoms with van der Waals surface area (Å²) in [6, 6.07) is 2.78. The minimum Gasteiger partial charge on any atom is -0.352 e. The van der Waals surface area contributed by atoms with E-state index in [-0.39, 0.29) is 5.56 Å². The molecule has 0 aliphatic rings. The van der Waals surface area contributed by atoms with Crippen LogP contribution in [0.5, 0.6) is 0 Å². The molecule has 4 nitrogen and oxygen atoms in total. The number of unbranched alkanes of at least 4 members (excludes halogenated alkanes) is 1. The Morgan fingerprint density at radius 1 is 1.39 bits per heavy atom. The summed E-state index contributed by atoms with van der Waals surface area (Å²) >= 11 is 0. The first-order chi connectivity index (χ1) is 8.34. The molecule has 0 atom stereocenters. The van der Waals surface area contributed by atoms with Gasteiger partial charge in [-0.25, -0.2) is 12.8 Å². The van der Waals surface area contributed by atoms with Gasteiger partial charge < -0.3 is 5.32 Å². The molecule has 100 valence electrons. The summed E-state index contributed by atoms with van der Waals surface area (Å²) in [6.45, 7) is 2.42. The average molecular weight is 294 g/mol. The standard InChI is InChI=1S/C11H13ClFNO3S/c1-2-3-4-14-11(15)8-5-9(13)7-10(6-8)18(12,16)17/h5-7H,2-4H2,1H3,(H,14,15). The van der Waals surface area contributed by atoms with Crippen LogP contribution in [-0.4, -0.2) is 20.9 Å². The van der Waals surface area contributed by atoms with E-state index < -0.39 is 25.7 Å². The highest BCUT2D eigenvalue weighted by molar-refractivity contribution is 8.13. The van der Waals surface area contributed by atoms with Crippen LogP contribution in [0.15, 0.2) is 23.1 Å². The van der Waals surface area contributed by atoms with E-state index in [4.69, 9.17) is 10.7 Å². The van der Waals surface area contributed by atoms with Crippen molar-refractivity contribution in [2.24, 2.45) is 0 Å². The molecule has 0 saturated heterocycles. The molecule has 0 saturated carbocycles. The van der Waals surface area contributed by atoms with Gasteiger partial charge in [0.2, 0.25) is 0 Å². The van der Waals surface area contributed by atoms with Gasteiger partial charge in [-0.05, 0) is 24.6 Å². The normalized spacial score (nSPS) is 11.3. The molecule has 1 aromatic carbocycles. The van der Waals surface area contributed by atoms with E-state index in [1.165, 1.54) is 0 Å². The number of carbonyl (C=O) groups is 1. The van der Waals surface area contributed by atoms with E-state index in [1.807, 2.05) is 6.92 Å². The molecule has 0 aliphatic carbocycles. The number of carbonyl (C=O) groups excluding carboxylic acids is 1. The van der Waals surface area contributed by atoms with Crippen LogP contribution in [0.4, 0.5) is 4.39 Å². The number of benzene rings is 1. The van der Waals surface area contributed by atoms with E-state index in [0.717, 1.165) is 31.0 Å². The molecule has 1 amide bonds. The number of amides is 1. The van der Waals surface area contributed by atoms with Crippen LogP contribution in [0.3, 0.4) is 0 Å².